The number of nitrogens with zero attached hydrogens (tertiary/aromatic N) is 1. The molecule has 1 heterocycles. The fraction of sp³-hybridized carbons (Fsp3) is 0.214. The van der Waals surface area contributed by atoms with Crippen LogP contribution in [0.1, 0.15) is 5.56 Å². The molecule has 2 rings (SSSR count). The van der Waals surface area contributed by atoms with Gasteiger partial charge in [-0.15, -0.1) is 0 Å². The van der Waals surface area contributed by atoms with Crippen LogP contribution in [0.2, 0.25) is 5.02 Å². The number of benzene rings is 1. The Morgan fingerprint density at radius 2 is 2.16 bits per heavy atom. The monoisotopic (exact) mass is 340 g/mol. The molecule has 0 saturated heterocycles. The Bertz CT molecular complexity index is 550. The highest BCUT2D eigenvalue weighted by Gasteiger charge is 2.06. The molecule has 0 spiro atoms. The molecule has 0 aliphatic rings. The number of ether oxygens (including phenoxy) is 1. The van der Waals surface area contributed by atoms with E-state index in [1.54, 1.807) is 12.3 Å². The number of aromatic nitrogens is 1. The van der Waals surface area contributed by atoms with Gasteiger partial charge in [-0.3, -0.25) is 4.98 Å². The summed E-state index contributed by atoms with van der Waals surface area (Å²) in [5.41, 5.74) is 7.12. The summed E-state index contributed by atoms with van der Waals surface area (Å²) in [4.78, 5) is 4.11. The van der Waals surface area contributed by atoms with Gasteiger partial charge in [0, 0.05) is 27.9 Å². The van der Waals surface area contributed by atoms with Gasteiger partial charge < -0.3 is 10.5 Å². The van der Waals surface area contributed by atoms with Crippen LogP contribution in [-0.2, 0) is 6.42 Å². The van der Waals surface area contributed by atoms with Gasteiger partial charge in [-0.1, -0.05) is 17.7 Å². The maximum Gasteiger partial charge on any atom is 0.120 e. The predicted molar refractivity (Wildman–Crippen MR) is 80.6 cm³/mol. The first kappa shape index (κ1) is 14.3. The Morgan fingerprint density at radius 1 is 1.32 bits per heavy atom. The van der Waals surface area contributed by atoms with Gasteiger partial charge in [0.15, 0.2) is 0 Å². The fourth-order valence-corrected chi connectivity index (χ4v) is 2.28. The average Bonchev–Trinajstić information content (AvgIpc) is 2.36. The summed E-state index contributed by atoms with van der Waals surface area (Å²) in [7, 11) is 0. The molecule has 2 aromatic rings. The van der Waals surface area contributed by atoms with E-state index in [9.17, 15) is 0 Å². The van der Waals surface area contributed by atoms with Gasteiger partial charge in [0.1, 0.15) is 12.4 Å². The minimum atomic E-state index is -0.0879. The van der Waals surface area contributed by atoms with E-state index in [0.29, 0.717) is 18.1 Å². The SMILES string of the molecule is NC(COc1cccc(Cl)c1)Cc1cncc(Br)c1. The van der Waals surface area contributed by atoms with Crippen LogP contribution in [0.4, 0.5) is 0 Å². The molecule has 0 amide bonds. The van der Waals surface area contributed by atoms with Crippen molar-refractivity contribution in [2.75, 3.05) is 6.61 Å². The van der Waals surface area contributed by atoms with Crippen LogP contribution in [0, 0.1) is 0 Å². The average molecular weight is 342 g/mol. The van der Waals surface area contributed by atoms with Crippen molar-refractivity contribution in [1.29, 1.82) is 0 Å². The van der Waals surface area contributed by atoms with Gasteiger partial charge in [0.25, 0.3) is 0 Å². The lowest BCUT2D eigenvalue weighted by Gasteiger charge is -2.13. The van der Waals surface area contributed by atoms with Crippen molar-refractivity contribution < 1.29 is 4.74 Å². The molecule has 0 fully saturated rings. The summed E-state index contributed by atoms with van der Waals surface area (Å²) >= 11 is 9.27. The first-order chi connectivity index (χ1) is 9.13. The van der Waals surface area contributed by atoms with E-state index in [1.807, 2.05) is 30.5 Å². The lowest BCUT2D eigenvalue weighted by Crippen LogP contribution is -2.30. The third-order valence-electron chi connectivity index (χ3n) is 2.52. The van der Waals surface area contributed by atoms with Crippen molar-refractivity contribution in [2.24, 2.45) is 5.73 Å². The zero-order chi connectivity index (χ0) is 13.7. The van der Waals surface area contributed by atoms with Crippen molar-refractivity contribution in [3.05, 3.63) is 57.8 Å². The van der Waals surface area contributed by atoms with Gasteiger partial charge in [-0.25, -0.2) is 0 Å². The molecule has 1 unspecified atom stereocenters. The van der Waals surface area contributed by atoms with E-state index in [1.165, 1.54) is 0 Å². The van der Waals surface area contributed by atoms with E-state index in [4.69, 9.17) is 22.1 Å². The van der Waals surface area contributed by atoms with Gasteiger partial charge >= 0.3 is 0 Å². The molecule has 100 valence electrons. The highest BCUT2D eigenvalue weighted by Crippen LogP contribution is 2.17. The van der Waals surface area contributed by atoms with Crippen molar-refractivity contribution in [3.8, 4) is 5.75 Å². The van der Waals surface area contributed by atoms with Gasteiger partial charge in [0.2, 0.25) is 0 Å². The van der Waals surface area contributed by atoms with Crippen LogP contribution in [0.3, 0.4) is 0 Å². The Labute approximate surface area is 125 Å². The topological polar surface area (TPSA) is 48.1 Å². The first-order valence-corrected chi connectivity index (χ1v) is 7.04. The molecule has 1 aromatic heterocycles. The Morgan fingerprint density at radius 3 is 2.89 bits per heavy atom. The standard InChI is InChI=1S/C14H14BrClN2O/c15-11-4-10(7-18-8-11)5-13(17)9-19-14-3-1-2-12(16)6-14/h1-4,6-8,13H,5,9,17H2. The Hall–Kier alpha value is -1.10. The van der Waals surface area contributed by atoms with Crippen molar-refractivity contribution >= 4 is 27.5 Å². The van der Waals surface area contributed by atoms with Crippen LogP contribution in [0.5, 0.6) is 5.75 Å². The van der Waals surface area contributed by atoms with E-state index >= 15 is 0 Å². The second-order valence-electron chi connectivity index (χ2n) is 4.24. The maximum atomic E-state index is 6.04. The molecule has 0 aliphatic heterocycles. The zero-order valence-corrected chi connectivity index (χ0v) is 12.6. The minimum absolute atomic E-state index is 0.0879. The third kappa shape index (κ3) is 4.82. The molecule has 1 aromatic carbocycles. The van der Waals surface area contributed by atoms with Crippen LogP contribution in [-0.4, -0.2) is 17.6 Å². The van der Waals surface area contributed by atoms with E-state index in [-0.39, 0.29) is 6.04 Å². The van der Waals surface area contributed by atoms with Gasteiger partial charge in [0.05, 0.1) is 0 Å². The summed E-state index contributed by atoms with van der Waals surface area (Å²) in [5.74, 6) is 0.732. The summed E-state index contributed by atoms with van der Waals surface area (Å²) in [6, 6.07) is 9.21. The minimum Gasteiger partial charge on any atom is -0.492 e. The number of halogens is 2. The molecule has 0 aliphatic carbocycles. The second-order valence-corrected chi connectivity index (χ2v) is 5.60. The number of hydrogen-bond donors (Lipinski definition) is 1. The summed E-state index contributed by atoms with van der Waals surface area (Å²) in [5, 5.41) is 0.655. The van der Waals surface area contributed by atoms with Crippen molar-refractivity contribution in [2.45, 2.75) is 12.5 Å². The number of hydrogen-bond acceptors (Lipinski definition) is 3. The fourth-order valence-electron chi connectivity index (χ4n) is 1.69. The molecule has 5 heteroatoms. The second kappa shape index (κ2) is 6.89. The molecule has 0 saturated carbocycles. The van der Waals surface area contributed by atoms with Crippen LogP contribution in [0.15, 0.2) is 47.2 Å². The zero-order valence-electron chi connectivity index (χ0n) is 10.2. The maximum absolute atomic E-state index is 6.04. The number of rotatable bonds is 5. The molecule has 3 nitrogen and oxygen atoms in total. The van der Waals surface area contributed by atoms with Crippen molar-refractivity contribution in [1.82, 2.24) is 4.98 Å². The normalized spacial score (nSPS) is 12.2. The molecule has 19 heavy (non-hydrogen) atoms. The first-order valence-electron chi connectivity index (χ1n) is 5.87. The molecule has 0 radical (unpaired) electrons. The summed E-state index contributed by atoms with van der Waals surface area (Å²) in [6.07, 6.45) is 4.27. The molecule has 2 N–H and O–H groups in total. The van der Waals surface area contributed by atoms with E-state index in [0.717, 1.165) is 15.8 Å². The lowest BCUT2D eigenvalue weighted by atomic mass is 10.1. The van der Waals surface area contributed by atoms with E-state index < -0.39 is 0 Å². The predicted octanol–water partition coefficient (Wildman–Crippen LogP) is 3.45. The smallest absolute Gasteiger partial charge is 0.120 e. The van der Waals surface area contributed by atoms with Crippen molar-refractivity contribution in [3.63, 3.8) is 0 Å². The summed E-state index contributed by atoms with van der Waals surface area (Å²) in [6.45, 7) is 0.437. The third-order valence-corrected chi connectivity index (χ3v) is 3.19. The van der Waals surface area contributed by atoms with Crippen LogP contribution in [0.25, 0.3) is 0 Å². The highest BCUT2D eigenvalue weighted by atomic mass is 79.9. The molecular formula is C14H14BrClN2O. The quantitative estimate of drug-likeness (QED) is 0.906. The largest absolute Gasteiger partial charge is 0.492 e. The number of pyridine rings is 1. The van der Waals surface area contributed by atoms with Gasteiger partial charge in [-0.2, -0.15) is 0 Å². The number of nitrogens with two attached hydrogens (primary N) is 1. The van der Waals surface area contributed by atoms with Gasteiger partial charge in [-0.05, 0) is 52.2 Å². The summed E-state index contributed by atoms with van der Waals surface area (Å²) < 4.78 is 6.56. The van der Waals surface area contributed by atoms with E-state index in [2.05, 4.69) is 20.9 Å². The lowest BCUT2D eigenvalue weighted by molar-refractivity contribution is 0.287. The van der Waals surface area contributed by atoms with Crippen LogP contribution < -0.4 is 10.5 Å². The molecular weight excluding hydrogens is 328 g/mol. The Kier molecular flexibility index (Phi) is 5.19. The highest BCUT2D eigenvalue weighted by molar-refractivity contribution is 9.10. The molecule has 1 atom stereocenters. The Balaban J connectivity index is 1.86. The molecule has 0 bridgehead atoms. The van der Waals surface area contributed by atoms with Crippen LogP contribution >= 0.6 is 27.5 Å².